The normalized spacial score (nSPS) is 11.7. The zero-order valence-electron chi connectivity index (χ0n) is 9.90. The summed E-state index contributed by atoms with van der Waals surface area (Å²) in [6, 6.07) is 2.79. The maximum atomic E-state index is 11.6. The lowest BCUT2D eigenvalue weighted by Gasteiger charge is -2.12. The molecule has 5 nitrogen and oxygen atoms in total. The molecule has 0 aromatic carbocycles. The molecule has 1 amide bonds. The topological polar surface area (TPSA) is 68.3 Å². The average Bonchev–Trinajstić information content (AvgIpc) is 2.37. The van der Waals surface area contributed by atoms with Gasteiger partial charge in [0, 0.05) is 34.6 Å². The second kappa shape index (κ2) is 8.62. The second-order valence-electron chi connectivity index (χ2n) is 3.32. The van der Waals surface area contributed by atoms with Crippen LogP contribution in [0.2, 0.25) is 0 Å². The first kappa shape index (κ1) is 16.5. The molecule has 0 saturated carbocycles. The van der Waals surface area contributed by atoms with Gasteiger partial charge >= 0.3 is 5.97 Å². The van der Waals surface area contributed by atoms with E-state index in [1.54, 1.807) is 18.3 Å². The first-order valence-electron chi connectivity index (χ1n) is 5.11. The van der Waals surface area contributed by atoms with Gasteiger partial charge in [-0.25, -0.2) is 9.78 Å². The van der Waals surface area contributed by atoms with Gasteiger partial charge in [-0.3, -0.25) is 4.79 Å². The molecule has 0 aliphatic rings. The summed E-state index contributed by atoms with van der Waals surface area (Å²) in [5, 5.41) is 3.09. The van der Waals surface area contributed by atoms with Crippen molar-refractivity contribution in [1.82, 2.24) is 10.3 Å². The zero-order valence-corrected chi connectivity index (χ0v) is 13.3. The molecule has 0 aliphatic heterocycles. The molecule has 1 N–H and O–H groups in total. The molecular weight excluding hydrogens is 324 g/mol. The Morgan fingerprint density at radius 1 is 1.58 bits per heavy atom. The summed E-state index contributed by atoms with van der Waals surface area (Å²) < 4.78 is 4.96. The molecule has 0 aliphatic carbocycles. The Morgan fingerprint density at radius 2 is 2.32 bits per heavy atom. The van der Waals surface area contributed by atoms with E-state index in [1.165, 1.54) is 17.7 Å². The van der Waals surface area contributed by atoms with Crippen molar-refractivity contribution < 1.29 is 13.8 Å². The lowest BCUT2D eigenvalue weighted by atomic mass is 10.3. The number of thiol groups is 2. The molecule has 9 heteroatoms. The SMILES string of the molecule is CC(=O)NC(CS)C(=O)OSSc1ncccc1S. The summed E-state index contributed by atoms with van der Waals surface area (Å²) in [4.78, 5) is 27.3. The maximum Gasteiger partial charge on any atom is 0.342 e. The van der Waals surface area contributed by atoms with Gasteiger partial charge in [0.2, 0.25) is 5.91 Å². The molecule has 0 spiro atoms. The molecule has 1 aromatic heterocycles. The van der Waals surface area contributed by atoms with Gasteiger partial charge in [-0.15, -0.1) is 12.6 Å². The fraction of sp³-hybridized carbons (Fsp3) is 0.300. The van der Waals surface area contributed by atoms with Crippen molar-refractivity contribution in [1.29, 1.82) is 0 Å². The zero-order chi connectivity index (χ0) is 14.3. The molecule has 1 rings (SSSR count). The number of rotatable bonds is 6. The molecule has 1 aromatic rings. The third-order valence-electron chi connectivity index (χ3n) is 1.82. The van der Waals surface area contributed by atoms with Crippen molar-refractivity contribution in [3.05, 3.63) is 18.3 Å². The van der Waals surface area contributed by atoms with E-state index < -0.39 is 12.0 Å². The maximum absolute atomic E-state index is 11.6. The number of carbonyl (C=O) groups excluding carboxylic acids is 2. The number of hydrogen-bond donors (Lipinski definition) is 3. The van der Waals surface area contributed by atoms with Crippen LogP contribution in [-0.4, -0.2) is 28.7 Å². The van der Waals surface area contributed by atoms with Gasteiger partial charge in [-0.2, -0.15) is 12.6 Å². The van der Waals surface area contributed by atoms with E-state index in [1.807, 2.05) is 0 Å². The fourth-order valence-electron chi connectivity index (χ4n) is 1.01. The van der Waals surface area contributed by atoms with Crippen LogP contribution >= 0.6 is 47.1 Å². The highest BCUT2D eigenvalue weighted by atomic mass is 33.1. The minimum Gasteiger partial charge on any atom is -0.377 e. The van der Waals surface area contributed by atoms with Crippen LogP contribution in [0, 0.1) is 0 Å². The predicted octanol–water partition coefficient (Wildman–Crippen LogP) is 2.00. The Kier molecular flexibility index (Phi) is 7.51. The Balaban J connectivity index is 2.42. The van der Waals surface area contributed by atoms with Crippen molar-refractivity contribution in [3.8, 4) is 0 Å². The van der Waals surface area contributed by atoms with Gasteiger partial charge in [0.05, 0.1) is 0 Å². The Labute approximate surface area is 130 Å². The number of amides is 1. The average molecular weight is 336 g/mol. The van der Waals surface area contributed by atoms with Crippen LogP contribution in [0.25, 0.3) is 0 Å². The minimum absolute atomic E-state index is 0.172. The molecule has 1 unspecified atom stereocenters. The van der Waals surface area contributed by atoms with Gasteiger partial charge < -0.3 is 9.50 Å². The molecule has 104 valence electrons. The van der Waals surface area contributed by atoms with Gasteiger partial charge in [-0.05, 0) is 12.1 Å². The van der Waals surface area contributed by atoms with Crippen molar-refractivity contribution in [3.63, 3.8) is 0 Å². The van der Waals surface area contributed by atoms with Crippen molar-refractivity contribution >= 4 is 59.0 Å². The van der Waals surface area contributed by atoms with Crippen molar-refractivity contribution in [2.45, 2.75) is 22.9 Å². The summed E-state index contributed by atoms with van der Waals surface area (Å²) in [7, 11) is 1.17. The number of nitrogens with zero attached hydrogens (tertiary/aromatic N) is 1. The quantitative estimate of drug-likeness (QED) is 0.419. The highest BCUT2D eigenvalue weighted by Gasteiger charge is 2.20. The van der Waals surface area contributed by atoms with Gasteiger partial charge in [-0.1, -0.05) is 0 Å². The number of hydrogen-bond acceptors (Lipinski definition) is 8. The second-order valence-corrected chi connectivity index (χ2v) is 5.93. The lowest BCUT2D eigenvalue weighted by Crippen LogP contribution is -2.41. The molecule has 0 radical (unpaired) electrons. The van der Waals surface area contributed by atoms with Gasteiger partial charge in [0.25, 0.3) is 0 Å². The molecule has 1 atom stereocenters. The number of carbonyl (C=O) groups is 2. The number of pyridine rings is 1. The largest absolute Gasteiger partial charge is 0.377 e. The van der Waals surface area contributed by atoms with Gasteiger partial charge in [0.1, 0.15) is 22.1 Å². The summed E-state index contributed by atoms with van der Waals surface area (Å²) in [5.41, 5.74) is 0. The third kappa shape index (κ3) is 5.98. The van der Waals surface area contributed by atoms with E-state index in [4.69, 9.17) is 4.18 Å². The lowest BCUT2D eigenvalue weighted by molar-refractivity contribution is -0.137. The molecular formula is C10H12N2O3S4. The van der Waals surface area contributed by atoms with E-state index >= 15 is 0 Å². The molecule has 19 heavy (non-hydrogen) atoms. The highest BCUT2D eigenvalue weighted by molar-refractivity contribution is 8.75. The minimum atomic E-state index is -0.756. The molecule has 0 bridgehead atoms. The van der Waals surface area contributed by atoms with Crippen LogP contribution < -0.4 is 5.32 Å². The Hall–Kier alpha value is -0.510. The van der Waals surface area contributed by atoms with Crippen LogP contribution in [-0.2, 0) is 13.8 Å². The van der Waals surface area contributed by atoms with E-state index in [9.17, 15) is 9.59 Å². The van der Waals surface area contributed by atoms with Gasteiger partial charge in [0.15, 0.2) is 0 Å². The van der Waals surface area contributed by atoms with Crippen molar-refractivity contribution in [2.75, 3.05) is 5.75 Å². The summed E-state index contributed by atoms with van der Waals surface area (Å²) in [6.07, 6.45) is 1.62. The smallest absolute Gasteiger partial charge is 0.342 e. The molecule has 0 saturated heterocycles. The first-order valence-corrected chi connectivity index (χ1v) is 8.27. The summed E-state index contributed by atoms with van der Waals surface area (Å²) in [5.74, 6) is -0.694. The third-order valence-corrected chi connectivity index (χ3v) is 4.37. The van der Waals surface area contributed by atoms with Crippen LogP contribution in [0.15, 0.2) is 28.3 Å². The van der Waals surface area contributed by atoms with Crippen LogP contribution in [0.1, 0.15) is 6.92 Å². The number of aromatic nitrogens is 1. The van der Waals surface area contributed by atoms with Crippen LogP contribution in [0.3, 0.4) is 0 Å². The summed E-state index contributed by atoms with van der Waals surface area (Å²) in [6.45, 7) is 1.33. The number of nitrogens with one attached hydrogen (secondary N) is 1. The van der Waals surface area contributed by atoms with Crippen LogP contribution in [0.4, 0.5) is 0 Å². The highest BCUT2D eigenvalue weighted by Crippen LogP contribution is 2.34. The molecule has 0 fully saturated rings. The summed E-state index contributed by atoms with van der Waals surface area (Å²) >= 11 is 9.07. The van der Waals surface area contributed by atoms with E-state index in [-0.39, 0.29) is 11.7 Å². The Bertz CT molecular complexity index is 458. The predicted molar refractivity (Wildman–Crippen MR) is 82.5 cm³/mol. The standard InChI is InChI=1S/C10H12N2O3S4/c1-6(13)12-7(5-16)10(14)15-19-18-9-8(17)3-2-4-11-9/h2-4,7,16-17H,5H2,1H3,(H,12,13). The van der Waals surface area contributed by atoms with E-state index in [2.05, 4.69) is 35.6 Å². The molecule has 1 heterocycles. The monoisotopic (exact) mass is 336 g/mol. The van der Waals surface area contributed by atoms with Crippen molar-refractivity contribution in [2.24, 2.45) is 0 Å². The first-order chi connectivity index (χ1) is 9.04. The Morgan fingerprint density at radius 3 is 2.89 bits per heavy atom. The van der Waals surface area contributed by atoms with E-state index in [0.29, 0.717) is 9.92 Å². The fourth-order valence-corrected chi connectivity index (χ4v) is 3.15. The van der Waals surface area contributed by atoms with E-state index in [0.717, 1.165) is 11.1 Å². The van der Waals surface area contributed by atoms with Crippen LogP contribution in [0.5, 0.6) is 0 Å².